The minimum atomic E-state index is 0.391. The molecule has 1 saturated carbocycles. The maximum atomic E-state index is 10.4. The fourth-order valence-corrected chi connectivity index (χ4v) is 2.82. The topological polar surface area (TPSA) is 20.2 Å². The number of phenolic OH excluding ortho intramolecular Hbond substituents is 1. The van der Waals surface area contributed by atoms with Crippen LogP contribution in [0.2, 0.25) is 0 Å². The number of aromatic hydroxyl groups is 1. The van der Waals surface area contributed by atoms with Crippen LogP contribution in [0.3, 0.4) is 0 Å². The molecule has 1 atom stereocenters. The van der Waals surface area contributed by atoms with E-state index >= 15 is 0 Å². The molecule has 1 unspecified atom stereocenters. The quantitative estimate of drug-likeness (QED) is 0.799. The molecule has 1 aliphatic carbocycles. The van der Waals surface area contributed by atoms with Gasteiger partial charge in [-0.2, -0.15) is 0 Å². The molecule has 0 amide bonds. The van der Waals surface area contributed by atoms with Crippen molar-refractivity contribution in [2.45, 2.75) is 58.8 Å². The van der Waals surface area contributed by atoms with Gasteiger partial charge in [0, 0.05) is 0 Å². The van der Waals surface area contributed by atoms with E-state index in [4.69, 9.17) is 0 Å². The van der Waals surface area contributed by atoms with Crippen LogP contribution < -0.4 is 0 Å². The van der Waals surface area contributed by atoms with E-state index in [2.05, 4.69) is 39.8 Å². The molecule has 1 aliphatic rings. The zero-order chi connectivity index (χ0) is 12.6. The number of benzene rings is 1. The highest BCUT2D eigenvalue weighted by Crippen LogP contribution is 2.43. The second kappa shape index (κ2) is 4.72. The van der Waals surface area contributed by atoms with Crippen molar-refractivity contribution >= 4 is 0 Å². The first-order chi connectivity index (χ1) is 8.00. The largest absolute Gasteiger partial charge is 0.507 e. The molecule has 1 aromatic carbocycles. The molecule has 1 aromatic rings. The first kappa shape index (κ1) is 12.5. The van der Waals surface area contributed by atoms with Gasteiger partial charge in [0.05, 0.1) is 0 Å². The molecular formula is C16H24O. The van der Waals surface area contributed by atoms with Gasteiger partial charge < -0.3 is 5.11 Å². The molecule has 0 bridgehead atoms. The molecular weight excluding hydrogens is 208 g/mol. The van der Waals surface area contributed by atoms with Gasteiger partial charge in [-0.3, -0.25) is 0 Å². The van der Waals surface area contributed by atoms with E-state index in [0.29, 0.717) is 17.6 Å². The van der Waals surface area contributed by atoms with Crippen molar-refractivity contribution in [2.75, 3.05) is 0 Å². The summed E-state index contributed by atoms with van der Waals surface area (Å²) in [5.74, 6) is 2.22. The van der Waals surface area contributed by atoms with E-state index in [0.717, 1.165) is 11.5 Å². The molecule has 1 N–H and O–H groups in total. The van der Waals surface area contributed by atoms with Crippen molar-refractivity contribution in [1.82, 2.24) is 0 Å². The van der Waals surface area contributed by atoms with E-state index < -0.39 is 0 Å². The molecule has 0 heterocycles. The second-order valence-corrected chi connectivity index (χ2v) is 5.93. The van der Waals surface area contributed by atoms with Crippen LogP contribution in [0.1, 0.15) is 68.6 Å². The summed E-state index contributed by atoms with van der Waals surface area (Å²) < 4.78 is 0. The van der Waals surface area contributed by atoms with Crippen LogP contribution in [-0.2, 0) is 0 Å². The molecule has 0 aliphatic heterocycles. The van der Waals surface area contributed by atoms with E-state index in [-0.39, 0.29) is 0 Å². The summed E-state index contributed by atoms with van der Waals surface area (Å²) >= 11 is 0. The van der Waals surface area contributed by atoms with E-state index in [1.165, 1.54) is 30.4 Å². The SMILES string of the molecule is Cc1cc(C(C)C)c(O)c(C(C)C2CCC2)c1. The van der Waals surface area contributed by atoms with Crippen LogP contribution >= 0.6 is 0 Å². The number of phenols is 1. The van der Waals surface area contributed by atoms with Gasteiger partial charge >= 0.3 is 0 Å². The average molecular weight is 232 g/mol. The van der Waals surface area contributed by atoms with Crippen molar-refractivity contribution < 1.29 is 5.11 Å². The van der Waals surface area contributed by atoms with Gasteiger partial charge in [0.2, 0.25) is 0 Å². The third-order valence-corrected chi connectivity index (χ3v) is 4.28. The van der Waals surface area contributed by atoms with Crippen molar-refractivity contribution in [2.24, 2.45) is 5.92 Å². The lowest BCUT2D eigenvalue weighted by molar-refractivity contribution is 0.268. The molecule has 1 heteroatoms. The molecule has 0 radical (unpaired) electrons. The Kier molecular flexibility index (Phi) is 3.46. The number of rotatable bonds is 3. The Balaban J connectivity index is 2.38. The van der Waals surface area contributed by atoms with Crippen LogP contribution in [-0.4, -0.2) is 5.11 Å². The second-order valence-electron chi connectivity index (χ2n) is 5.93. The maximum absolute atomic E-state index is 10.4. The highest BCUT2D eigenvalue weighted by molar-refractivity contribution is 5.47. The zero-order valence-electron chi connectivity index (χ0n) is 11.5. The van der Waals surface area contributed by atoms with Gasteiger partial charge in [0.15, 0.2) is 0 Å². The Labute approximate surface area is 105 Å². The lowest BCUT2D eigenvalue weighted by Crippen LogP contribution is -2.18. The van der Waals surface area contributed by atoms with Crippen LogP contribution in [0.4, 0.5) is 0 Å². The Bertz CT molecular complexity index is 402. The maximum Gasteiger partial charge on any atom is 0.122 e. The van der Waals surface area contributed by atoms with Crippen LogP contribution in [0.5, 0.6) is 5.75 Å². The van der Waals surface area contributed by atoms with Crippen molar-refractivity contribution in [3.8, 4) is 5.75 Å². The number of hydrogen-bond donors (Lipinski definition) is 1. The first-order valence-corrected chi connectivity index (χ1v) is 6.84. The van der Waals surface area contributed by atoms with Crippen molar-refractivity contribution in [3.63, 3.8) is 0 Å². The molecule has 2 rings (SSSR count). The predicted octanol–water partition coefficient (Wildman–Crippen LogP) is 4.73. The highest BCUT2D eigenvalue weighted by Gasteiger charge is 2.27. The molecule has 0 aromatic heterocycles. The van der Waals surface area contributed by atoms with Crippen molar-refractivity contribution in [1.29, 1.82) is 0 Å². The highest BCUT2D eigenvalue weighted by atomic mass is 16.3. The smallest absolute Gasteiger partial charge is 0.122 e. The molecule has 94 valence electrons. The lowest BCUT2D eigenvalue weighted by Gasteiger charge is -2.32. The van der Waals surface area contributed by atoms with Crippen LogP contribution in [0, 0.1) is 12.8 Å². The summed E-state index contributed by atoms with van der Waals surface area (Å²) in [7, 11) is 0. The number of hydrogen-bond acceptors (Lipinski definition) is 1. The molecule has 0 saturated heterocycles. The van der Waals surface area contributed by atoms with Gasteiger partial charge in [0.1, 0.15) is 5.75 Å². The van der Waals surface area contributed by atoms with Gasteiger partial charge in [-0.25, -0.2) is 0 Å². The Morgan fingerprint density at radius 3 is 2.18 bits per heavy atom. The Morgan fingerprint density at radius 1 is 1.12 bits per heavy atom. The van der Waals surface area contributed by atoms with Crippen molar-refractivity contribution in [3.05, 3.63) is 28.8 Å². The van der Waals surface area contributed by atoms with E-state index in [9.17, 15) is 5.11 Å². The fraction of sp³-hybridized carbons (Fsp3) is 0.625. The van der Waals surface area contributed by atoms with Gasteiger partial charge in [-0.15, -0.1) is 0 Å². The molecule has 1 fully saturated rings. The standard InChI is InChI=1S/C16H24O/c1-10(2)14-8-11(3)9-15(16(14)17)12(4)13-6-5-7-13/h8-10,12-13,17H,5-7H2,1-4H3. The number of aryl methyl sites for hydroxylation is 1. The Hall–Kier alpha value is -0.980. The van der Waals surface area contributed by atoms with Gasteiger partial charge in [-0.05, 0) is 48.6 Å². The minimum absolute atomic E-state index is 0.391. The van der Waals surface area contributed by atoms with Crippen LogP contribution in [0.15, 0.2) is 12.1 Å². The minimum Gasteiger partial charge on any atom is -0.507 e. The first-order valence-electron chi connectivity index (χ1n) is 6.84. The van der Waals surface area contributed by atoms with Crippen LogP contribution in [0.25, 0.3) is 0 Å². The zero-order valence-corrected chi connectivity index (χ0v) is 11.5. The van der Waals surface area contributed by atoms with Gasteiger partial charge in [0.25, 0.3) is 0 Å². The lowest BCUT2D eigenvalue weighted by atomic mass is 9.73. The average Bonchev–Trinajstić information content (AvgIpc) is 2.17. The predicted molar refractivity (Wildman–Crippen MR) is 72.7 cm³/mol. The fourth-order valence-electron chi connectivity index (χ4n) is 2.82. The Morgan fingerprint density at radius 2 is 1.71 bits per heavy atom. The summed E-state index contributed by atoms with van der Waals surface area (Å²) in [5.41, 5.74) is 3.54. The van der Waals surface area contributed by atoms with E-state index in [1.807, 2.05) is 0 Å². The summed E-state index contributed by atoms with van der Waals surface area (Å²) in [6, 6.07) is 4.29. The molecule has 0 spiro atoms. The van der Waals surface area contributed by atoms with E-state index in [1.54, 1.807) is 0 Å². The summed E-state index contributed by atoms with van der Waals surface area (Å²) in [4.78, 5) is 0. The third kappa shape index (κ3) is 2.34. The van der Waals surface area contributed by atoms with Gasteiger partial charge in [-0.1, -0.05) is 44.9 Å². The molecule has 17 heavy (non-hydrogen) atoms. The normalized spacial score (nSPS) is 18.2. The summed E-state index contributed by atoms with van der Waals surface area (Å²) in [5, 5.41) is 10.4. The third-order valence-electron chi connectivity index (χ3n) is 4.28. The summed E-state index contributed by atoms with van der Waals surface area (Å²) in [6.07, 6.45) is 4.01. The monoisotopic (exact) mass is 232 g/mol. The summed E-state index contributed by atoms with van der Waals surface area (Å²) in [6.45, 7) is 8.68. The molecule has 1 nitrogen and oxygen atoms in total.